The van der Waals surface area contributed by atoms with Gasteiger partial charge in [-0.2, -0.15) is 4.98 Å². The summed E-state index contributed by atoms with van der Waals surface area (Å²) < 4.78 is 5.55. The average Bonchev–Trinajstić information content (AvgIpc) is 3.15. The van der Waals surface area contributed by atoms with Crippen LogP contribution in [-0.4, -0.2) is 36.8 Å². The lowest BCUT2D eigenvalue weighted by molar-refractivity contribution is 0.134. The Balaban J connectivity index is 1.72. The van der Waals surface area contributed by atoms with Gasteiger partial charge in [-0.25, -0.2) is 4.98 Å². The number of hydrogen-bond acceptors (Lipinski definition) is 5. The molecular formula is C12H20N4O. The van der Waals surface area contributed by atoms with Crippen LogP contribution in [0.1, 0.15) is 18.4 Å². The first kappa shape index (κ1) is 12.1. The van der Waals surface area contributed by atoms with Crippen molar-refractivity contribution in [2.45, 2.75) is 19.8 Å². The van der Waals surface area contributed by atoms with Crippen molar-refractivity contribution in [1.82, 2.24) is 9.97 Å². The minimum atomic E-state index is 0.636. The summed E-state index contributed by atoms with van der Waals surface area (Å²) in [5.74, 6) is 2.34. The Morgan fingerprint density at radius 1 is 1.47 bits per heavy atom. The lowest BCUT2D eigenvalue weighted by Crippen LogP contribution is -2.13. The van der Waals surface area contributed by atoms with Crippen LogP contribution >= 0.6 is 0 Å². The topological polar surface area (TPSA) is 59.1 Å². The second-order valence-corrected chi connectivity index (χ2v) is 4.42. The maximum atomic E-state index is 5.55. The Kier molecular flexibility index (Phi) is 4.14. The van der Waals surface area contributed by atoms with E-state index in [-0.39, 0.29) is 0 Å². The summed E-state index contributed by atoms with van der Waals surface area (Å²) >= 11 is 0. The number of aromatic nitrogens is 2. The lowest BCUT2D eigenvalue weighted by atomic mass is 10.3. The molecule has 0 amide bonds. The number of nitrogens with zero attached hydrogens (tertiary/aromatic N) is 2. The van der Waals surface area contributed by atoms with E-state index in [1.807, 2.05) is 20.2 Å². The molecule has 2 rings (SSSR count). The molecule has 0 aliphatic heterocycles. The molecule has 0 atom stereocenters. The zero-order valence-electron chi connectivity index (χ0n) is 10.5. The Morgan fingerprint density at radius 3 is 3.00 bits per heavy atom. The monoisotopic (exact) mass is 236 g/mol. The van der Waals surface area contributed by atoms with Crippen molar-refractivity contribution >= 4 is 11.8 Å². The van der Waals surface area contributed by atoms with E-state index in [9.17, 15) is 0 Å². The average molecular weight is 236 g/mol. The van der Waals surface area contributed by atoms with Crippen LogP contribution in [0.2, 0.25) is 0 Å². The third-order valence-corrected chi connectivity index (χ3v) is 2.78. The Bertz CT molecular complexity index is 366. The summed E-state index contributed by atoms with van der Waals surface area (Å²) in [4.78, 5) is 8.49. The summed E-state index contributed by atoms with van der Waals surface area (Å²) in [6, 6.07) is 0. The fourth-order valence-corrected chi connectivity index (χ4v) is 1.52. The van der Waals surface area contributed by atoms with E-state index in [1.165, 1.54) is 12.8 Å². The van der Waals surface area contributed by atoms with Crippen molar-refractivity contribution in [3.63, 3.8) is 0 Å². The lowest BCUT2D eigenvalue weighted by Gasteiger charge is -2.09. The standard InChI is InChI=1S/C12H20N4O/c1-9-7-15-12(13-2)16-11(9)14-5-6-17-8-10-3-4-10/h7,10H,3-6,8H2,1-2H3,(H2,13,14,15,16). The van der Waals surface area contributed by atoms with E-state index < -0.39 is 0 Å². The summed E-state index contributed by atoms with van der Waals surface area (Å²) in [5, 5.41) is 6.19. The molecule has 0 unspecified atom stereocenters. The van der Waals surface area contributed by atoms with Crippen molar-refractivity contribution in [3.8, 4) is 0 Å². The molecule has 1 aliphatic rings. The molecule has 0 saturated heterocycles. The van der Waals surface area contributed by atoms with Gasteiger partial charge in [-0.1, -0.05) is 0 Å². The van der Waals surface area contributed by atoms with Crippen LogP contribution in [0.25, 0.3) is 0 Å². The minimum absolute atomic E-state index is 0.636. The molecule has 94 valence electrons. The summed E-state index contributed by atoms with van der Waals surface area (Å²) in [7, 11) is 1.81. The molecule has 0 bridgehead atoms. The van der Waals surface area contributed by atoms with E-state index in [0.717, 1.165) is 37.1 Å². The Hall–Kier alpha value is -1.36. The molecule has 1 saturated carbocycles. The molecule has 1 fully saturated rings. The number of anilines is 2. The molecule has 2 N–H and O–H groups in total. The third kappa shape index (κ3) is 3.85. The fourth-order valence-electron chi connectivity index (χ4n) is 1.52. The molecule has 1 heterocycles. The molecule has 0 spiro atoms. The molecule has 17 heavy (non-hydrogen) atoms. The molecule has 5 nitrogen and oxygen atoms in total. The predicted octanol–water partition coefficient (Wildman–Crippen LogP) is 1.67. The van der Waals surface area contributed by atoms with E-state index in [1.54, 1.807) is 0 Å². The third-order valence-electron chi connectivity index (χ3n) is 2.78. The first-order chi connectivity index (χ1) is 8.29. The zero-order chi connectivity index (χ0) is 12.1. The van der Waals surface area contributed by atoms with Crippen LogP contribution < -0.4 is 10.6 Å². The van der Waals surface area contributed by atoms with Gasteiger partial charge in [-0.05, 0) is 25.7 Å². The second-order valence-electron chi connectivity index (χ2n) is 4.42. The highest BCUT2D eigenvalue weighted by molar-refractivity contribution is 5.46. The van der Waals surface area contributed by atoms with Gasteiger partial charge in [0.2, 0.25) is 5.95 Å². The van der Waals surface area contributed by atoms with Crippen LogP contribution in [0.4, 0.5) is 11.8 Å². The fraction of sp³-hybridized carbons (Fsp3) is 0.667. The first-order valence-electron chi connectivity index (χ1n) is 6.12. The molecule has 1 aromatic rings. The maximum absolute atomic E-state index is 5.55. The van der Waals surface area contributed by atoms with Crippen LogP contribution in [0.15, 0.2) is 6.20 Å². The van der Waals surface area contributed by atoms with Gasteiger partial charge in [0.1, 0.15) is 5.82 Å². The van der Waals surface area contributed by atoms with Gasteiger partial charge in [-0.3, -0.25) is 0 Å². The molecular weight excluding hydrogens is 216 g/mol. The number of aryl methyl sites for hydroxylation is 1. The molecule has 1 aliphatic carbocycles. The second kappa shape index (κ2) is 5.82. The smallest absolute Gasteiger partial charge is 0.224 e. The summed E-state index contributed by atoms with van der Waals surface area (Å²) in [6.45, 7) is 4.42. The summed E-state index contributed by atoms with van der Waals surface area (Å²) in [6.07, 6.45) is 4.49. The van der Waals surface area contributed by atoms with Crippen LogP contribution in [0.3, 0.4) is 0 Å². The van der Waals surface area contributed by atoms with Gasteiger partial charge in [0.25, 0.3) is 0 Å². The van der Waals surface area contributed by atoms with Gasteiger partial charge in [0.05, 0.1) is 6.61 Å². The Labute approximate surface area is 102 Å². The molecule has 0 aromatic carbocycles. The van der Waals surface area contributed by atoms with Gasteiger partial charge < -0.3 is 15.4 Å². The number of rotatable bonds is 7. The van der Waals surface area contributed by atoms with E-state index in [4.69, 9.17) is 4.74 Å². The predicted molar refractivity (Wildman–Crippen MR) is 68.3 cm³/mol. The highest BCUT2D eigenvalue weighted by Gasteiger charge is 2.20. The van der Waals surface area contributed by atoms with Crippen molar-refractivity contribution in [2.24, 2.45) is 5.92 Å². The largest absolute Gasteiger partial charge is 0.379 e. The maximum Gasteiger partial charge on any atom is 0.224 e. The van der Waals surface area contributed by atoms with E-state index in [2.05, 4.69) is 20.6 Å². The van der Waals surface area contributed by atoms with E-state index >= 15 is 0 Å². The van der Waals surface area contributed by atoms with Gasteiger partial charge in [0, 0.05) is 32.0 Å². The van der Waals surface area contributed by atoms with Crippen molar-refractivity contribution in [1.29, 1.82) is 0 Å². The van der Waals surface area contributed by atoms with Crippen LogP contribution in [0, 0.1) is 12.8 Å². The summed E-state index contributed by atoms with van der Waals surface area (Å²) in [5.41, 5.74) is 1.05. The number of hydrogen-bond donors (Lipinski definition) is 2. The molecule has 5 heteroatoms. The van der Waals surface area contributed by atoms with Gasteiger partial charge in [0.15, 0.2) is 0 Å². The van der Waals surface area contributed by atoms with Gasteiger partial charge >= 0.3 is 0 Å². The van der Waals surface area contributed by atoms with E-state index in [0.29, 0.717) is 5.95 Å². The Morgan fingerprint density at radius 2 is 2.29 bits per heavy atom. The number of nitrogens with one attached hydrogen (secondary N) is 2. The van der Waals surface area contributed by atoms with Crippen LogP contribution in [-0.2, 0) is 4.74 Å². The highest BCUT2D eigenvalue weighted by atomic mass is 16.5. The molecule has 1 aromatic heterocycles. The molecule has 0 radical (unpaired) electrons. The van der Waals surface area contributed by atoms with Crippen molar-refractivity contribution in [3.05, 3.63) is 11.8 Å². The first-order valence-corrected chi connectivity index (χ1v) is 6.12. The van der Waals surface area contributed by atoms with Crippen LogP contribution in [0.5, 0.6) is 0 Å². The minimum Gasteiger partial charge on any atom is -0.379 e. The van der Waals surface area contributed by atoms with Crippen molar-refractivity contribution in [2.75, 3.05) is 37.4 Å². The zero-order valence-corrected chi connectivity index (χ0v) is 10.5. The highest BCUT2D eigenvalue weighted by Crippen LogP contribution is 2.28. The number of ether oxygens (including phenoxy) is 1. The van der Waals surface area contributed by atoms with Crippen molar-refractivity contribution < 1.29 is 4.74 Å². The quantitative estimate of drug-likeness (QED) is 0.705. The normalized spacial score (nSPS) is 14.7. The SMILES string of the molecule is CNc1ncc(C)c(NCCOCC2CC2)n1. The van der Waals surface area contributed by atoms with Gasteiger partial charge in [-0.15, -0.1) is 0 Å².